The molecule has 0 N–H and O–H groups in total. The van der Waals surface area contributed by atoms with Crippen LogP contribution in [0, 0.1) is 0 Å². The second kappa shape index (κ2) is 18.1. The number of carbonyl (C=O) groups excluding carboxylic acids is 1. The minimum Gasteiger partial charge on any atom is -0.401 e. The lowest BCUT2D eigenvalue weighted by atomic mass is 9.97. The van der Waals surface area contributed by atoms with Gasteiger partial charge in [-0.05, 0) is 34.4 Å². The zero-order chi connectivity index (χ0) is 33.5. The molecule has 0 saturated carbocycles. The highest BCUT2D eigenvalue weighted by Crippen LogP contribution is 2.32. The van der Waals surface area contributed by atoms with E-state index in [0.29, 0.717) is 19.0 Å². The molecule has 0 aromatic heterocycles. The van der Waals surface area contributed by atoms with Crippen molar-refractivity contribution in [3.8, 4) is 5.75 Å². The molecule has 1 heterocycles. The lowest BCUT2D eigenvalue weighted by Gasteiger charge is -2.45. The SMILES string of the molecule is O=C(Oc1ccccc1)OC1O[C@H](COCc2ccccc2)[C@@H](OCc2ccccc2)[C@H](OCc2ccccc2)[C@H]1OCc1ccccc1. The number of para-hydroxylation sites is 1. The van der Waals surface area contributed by atoms with Crippen molar-refractivity contribution >= 4 is 6.16 Å². The summed E-state index contributed by atoms with van der Waals surface area (Å²) in [7, 11) is 0. The minimum absolute atomic E-state index is 0.137. The van der Waals surface area contributed by atoms with Gasteiger partial charge in [-0.25, -0.2) is 4.79 Å². The lowest BCUT2D eigenvalue weighted by Crippen LogP contribution is -2.62. The molecule has 0 aliphatic carbocycles. The molecule has 1 saturated heterocycles. The van der Waals surface area contributed by atoms with E-state index in [2.05, 4.69) is 0 Å². The fourth-order valence-corrected chi connectivity index (χ4v) is 5.55. The zero-order valence-corrected chi connectivity index (χ0v) is 27.1. The average molecular weight is 661 g/mol. The Morgan fingerprint density at radius 2 is 0.898 bits per heavy atom. The van der Waals surface area contributed by atoms with Crippen LogP contribution in [0.1, 0.15) is 22.3 Å². The van der Waals surface area contributed by atoms with Crippen molar-refractivity contribution in [3.05, 3.63) is 174 Å². The number of ether oxygens (including phenoxy) is 7. The van der Waals surface area contributed by atoms with Crippen LogP contribution in [-0.2, 0) is 54.8 Å². The first kappa shape index (κ1) is 34.0. The molecular formula is C41H40O8. The first-order chi connectivity index (χ1) is 24.2. The molecule has 8 nitrogen and oxygen atoms in total. The Balaban J connectivity index is 1.30. The molecule has 5 aromatic carbocycles. The topological polar surface area (TPSA) is 81.7 Å². The summed E-state index contributed by atoms with van der Waals surface area (Å²) in [4.78, 5) is 13.2. The Morgan fingerprint density at radius 3 is 1.39 bits per heavy atom. The number of hydrogen-bond donors (Lipinski definition) is 0. The summed E-state index contributed by atoms with van der Waals surface area (Å²) in [6.45, 7) is 1.27. The predicted octanol–water partition coefficient (Wildman–Crippen LogP) is 7.90. The summed E-state index contributed by atoms with van der Waals surface area (Å²) >= 11 is 0. The molecular weight excluding hydrogens is 620 g/mol. The van der Waals surface area contributed by atoms with Crippen LogP contribution in [0.5, 0.6) is 5.75 Å². The van der Waals surface area contributed by atoms with Crippen LogP contribution >= 0.6 is 0 Å². The molecule has 1 aliphatic rings. The van der Waals surface area contributed by atoms with Gasteiger partial charge in [0.15, 0.2) is 0 Å². The summed E-state index contributed by atoms with van der Waals surface area (Å²) in [5, 5.41) is 0. The maximum absolute atomic E-state index is 13.2. The van der Waals surface area contributed by atoms with Crippen molar-refractivity contribution in [1.82, 2.24) is 0 Å². The standard InChI is InChI=1S/C41H40O8/c42-41(47-35-24-14-5-15-25-35)49-40-39(46-29-34-22-12-4-13-23-34)38(45-28-33-20-10-3-11-21-33)37(44-27-32-18-8-2-9-19-32)36(48-40)30-43-26-31-16-6-1-7-17-31/h1-25,36-40H,26-30H2/t36-,37-,38+,39-,40?/m1/s1. The van der Waals surface area contributed by atoms with Crippen molar-refractivity contribution in [2.75, 3.05) is 6.61 Å². The first-order valence-electron chi connectivity index (χ1n) is 16.4. The highest BCUT2D eigenvalue weighted by atomic mass is 16.8. The normalized spacial score (nSPS) is 20.4. The Kier molecular flexibility index (Phi) is 12.6. The van der Waals surface area contributed by atoms with Gasteiger partial charge in [0.2, 0.25) is 6.29 Å². The van der Waals surface area contributed by atoms with E-state index in [1.54, 1.807) is 24.3 Å². The largest absolute Gasteiger partial charge is 0.516 e. The van der Waals surface area contributed by atoms with Crippen LogP contribution in [0.2, 0.25) is 0 Å². The summed E-state index contributed by atoms with van der Waals surface area (Å²) in [6, 6.07) is 48.1. The number of benzene rings is 5. The van der Waals surface area contributed by atoms with Gasteiger partial charge in [-0.2, -0.15) is 0 Å². The summed E-state index contributed by atoms with van der Waals surface area (Å²) in [5.74, 6) is 0.341. The Bertz CT molecular complexity index is 1660. The third-order valence-electron chi connectivity index (χ3n) is 8.00. The van der Waals surface area contributed by atoms with E-state index in [4.69, 9.17) is 33.2 Å². The van der Waals surface area contributed by atoms with Gasteiger partial charge in [0, 0.05) is 0 Å². The van der Waals surface area contributed by atoms with Crippen LogP contribution in [0.15, 0.2) is 152 Å². The van der Waals surface area contributed by atoms with Crippen LogP contribution in [0.4, 0.5) is 4.79 Å². The fraction of sp³-hybridized carbons (Fsp3) is 0.244. The van der Waals surface area contributed by atoms with Crippen LogP contribution in [-0.4, -0.2) is 43.5 Å². The van der Waals surface area contributed by atoms with Gasteiger partial charge < -0.3 is 33.2 Å². The van der Waals surface area contributed by atoms with Crippen molar-refractivity contribution in [3.63, 3.8) is 0 Å². The van der Waals surface area contributed by atoms with Crippen molar-refractivity contribution < 1.29 is 38.0 Å². The predicted molar refractivity (Wildman–Crippen MR) is 183 cm³/mol. The molecule has 0 bridgehead atoms. The molecule has 5 atom stereocenters. The van der Waals surface area contributed by atoms with Crippen molar-refractivity contribution in [2.24, 2.45) is 0 Å². The van der Waals surface area contributed by atoms with Crippen molar-refractivity contribution in [2.45, 2.75) is 57.1 Å². The van der Waals surface area contributed by atoms with E-state index < -0.39 is 36.9 Å². The summed E-state index contributed by atoms with van der Waals surface area (Å²) in [5.41, 5.74) is 3.90. The van der Waals surface area contributed by atoms with Gasteiger partial charge in [0.25, 0.3) is 0 Å². The number of carbonyl (C=O) groups is 1. The zero-order valence-electron chi connectivity index (χ0n) is 27.1. The quantitative estimate of drug-likeness (QED) is 0.0829. The maximum atomic E-state index is 13.2. The third-order valence-corrected chi connectivity index (χ3v) is 8.00. The Morgan fingerprint density at radius 1 is 0.490 bits per heavy atom. The molecule has 0 radical (unpaired) electrons. The second-order valence-corrected chi connectivity index (χ2v) is 11.6. The molecule has 0 amide bonds. The van der Waals surface area contributed by atoms with E-state index in [0.717, 1.165) is 22.3 Å². The molecule has 1 unspecified atom stereocenters. The van der Waals surface area contributed by atoms with Crippen LogP contribution in [0.25, 0.3) is 0 Å². The highest BCUT2D eigenvalue weighted by molar-refractivity contribution is 5.63. The van der Waals surface area contributed by atoms with E-state index in [9.17, 15) is 4.79 Å². The molecule has 49 heavy (non-hydrogen) atoms. The fourth-order valence-electron chi connectivity index (χ4n) is 5.55. The minimum atomic E-state index is -1.21. The molecule has 6 rings (SSSR count). The second-order valence-electron chi connectivity index (χ2n) is 11.6. The van der Waals surface area contributed by atoms with Crippen LogP contribution < -0.4 is 4.74 Å². The summed E-state index contributed by atoms with van der Waals surface area (Å²) < 4.78 is 44.0. The van der Waals surface area contributed by atoms with Crippen LogP contribution in [0.3, 0.4) is 0 Å². The van der Waals surface area contributed by atoms with E-state index >= 15 is 0 Å². The lowest BCUT2D eigenvalue weighted by molar-refractivity contribution is -0.317. The highest BCUT2D eigenvalue weighted by Gasteiger charge is 2.50. The number of rotatable bonds is 15. The maximum Gasteiger partial charge on any atom is 0.516 e. The molecule has 5 aromatic rings. The van der Waals surface area contributed by atoms with Gasteiger partial charge in [-0.1, -0.05) is 140 Å². The van der Waals surface area contributed by atoms with E-state index in [1.165, 1.54) is 0 Å². The van der Waals surface area contributed by atoms with E-state index in [-0.39, 0.29) is 19.8 Å². The van der Waals surface area contributed by atoms with Gasteiger partial charge in [0.1, 0.15) is 30.2 Å². The van der Waals surface area contributed by atoms with E-state index in [1.807, 2.05) is 127 Å². The molecule has 8 heteroatoms. The van der Waals surface area contributed by atoms with Gasteiger partial charge in [0.05, 0.1) is 33.0 Å². The third kappa shape index (κ3) is 10.3. The van der Waals surface area contributed by atoms with Gasteiger partial charge >= 0.3 is 6.16 Å². The first-order valence-corrected chi connectivity index (χ1v) is 16.4. The van der Waals surface area contributed by atoms with Gasteiger partial charge in [-0.15, -0.1) is 0 Å². The Labute approximate surface area is 287 Å². The molecule has 1 aliphatic heterocycles. The smallest absolute Gasteiger partial charge is 0.401 e. The molecule has 1 fully saturated rings. The molecule has 252 valence electrons. The van der Waals surface area contributed by atoms with Crippen molar-refractivity contribution in [1.29, 1.82) is 0 Å². The average Bonchev–Trinajstić information content (AvgIpc) is 3.15. The number of hydrogen-bond acceptors (Lipinski definition) is 8. The summed E-state index contributed by atoms with van der Waals surface area (Å²) in [6.07, 6.45) is -5.12. The molecule has 0 spiro atoms. The van der Waals surface area contributed by atoms with Gasteiger partial charge in [-0.3, -0.25) is 0 Å². The Hall–Kier alpha value is -4.83. The monoisotopic (exact) mass is 660 g/mol.